The van der Waals surface area contributed by atoms with E-state index in [1.54, 1.807) is 17.4 Å². The van der Waals surface area contributed by atoms with E-state index in [0.717, 1.165) is 10.5 Å². The number of hydrogen-bond acceptors (Lipinski definition) is 3. The van der Waals surface area contributed by atoms with Crippen LogP contribution in [0.25, 0.3) is 5.57 Å². The fraction of sp³-hybridized carbons (Fsp3) is 0.200. The van der Waals surface area contributed by atoms with E-state index in [0.29, 0.717) is 0 Å². The first-order valence-corrected chi connectivity index (χ1v) is 5.54. The molecule has 0 spiro atoms. The summed E-state index contributed by atoms with van der Waals surface area (Å²) >= 11 is 7.65. The van der Waals surface area contributed by atoms with Crippen molar-refractivity contribution in [3.8, 4) is 0 Å². The Morgan fingerprint density at radius 1 is 1.50 bits per heavy atom. The van der Waals surface area contributed by atoms with Gasteiger partial charge in [-0.15, -0.1) is 11.3 Å². The van der Waals surface area contributed by atoms with Crippen LogP contribution < -0.4 is 11.5 Å². The van der Waals surface area contributed by atoms with Crippen LogP contribution in [0.2, 0.25) is 0 Å². The first-order valence-electron chi connectivity index (χ1n) is 4.28. The third-order valence-corrected chi connectivity index (χ3v) is 3.25. The van der Waals surface area contributed by atoms with Crippen molar-refractivity contribution in [2.45, 2.75) is 11.0 Å². The molecule has 0 amide bonds. The van der Waals surface area contributed by atoms with E-state index in [-0.39, 0.29) is 6.04 Å². The number of hydrogen-bond donors (Lipinski definition) is 2. The predicted molar refractivity (Wildman–Crippen MR) is 62.2 cm³/mol. The number of halogens is 1. The van der Waals surface area contributed by atoms with E-state index in [2.05, 4.69) is 0 Å². The van der Waals surface area contributed by atoms with Crippen LogP contribution in [-0.2, 0) is 0 Å². The lowest BCUT2D eigenvalue weighted by molar-refractivity contribution is 0.878. The second-order valence-electron chi connectivity index (χ2n) is 3.29. The molecule has 2 rings (SSSR count). The SMILES string of the molecule is NC1C=CC(N)(Cl)C=C1c1cccs1. The lowest BCUT2D eigenvalue weighted by atomic mass is 9.97. The molecule has 1 aliphatic carbocycles. The summed E-state index contributed by atoms with van der Waals surface area (Å²) in [5, 5.41) is 2.01. The Kier molecular flexibility index (Phi) is 2.49. The zero-order valence-electron chi connectivity index (χ0n) is 7.48. The molecular weight excluding hydrogens is 216 g/mol. The summed E-state index contributed by atoms with van der Waals surface area (Å²) in [7, 11) is 0. The third kappa shape index (κ3) is 1.91. The minimum absolute atomic E-state index is 0.107. The molecule has 2 unspecified atom stereocenters. The second-order valence-corrected chi connectivity index (χ2v) is 4.89. The lowest BCUT2D eigenvalue weighted by Crippen LogP contribution is -2.34. The maximum Gasteiger partial charge on any atom is 0.129 e. The first-order chi connectivity index (χ1) is 6.58. The third-order valence-electron chi connectivity index (χ3n) is 2.10. The number of nitrogens with two attached hydrogens (primary N) is 2. The van der Waals surface area contributed by atoms with Gasteiger partial charge in [0.25, 0.3) is 0 Å². The number of thiophene rings is 1. The molecule has 2 atom stereocenters. The van der Waals surface area contributed by atoms with Crippen LogP contribution in [-0.4, -0.2) is 11.0 Å². The van der Waals surface area contributed by atoms with Crippen molar-refractivity contribution < 1.29 is 0 Å². The fourth-order valence-electron chi connectivity index (χ4n) is 1.42. The van der Waals surface area contributed by atoms with Crippen LogP contribution >= 0.6 is 22.9 Å². The maximum absolute atomic E-state index is 6.01. The van der Waals surface area contributed by atoms with Gasteiger partial charge in [-0.2, -0.15) is 0 Å². The van der Waals surface area contributed by atoms with Crippen molar-refractivity contribution in [1.82, 2.24) is 0 Å². The smallest absolute Gasteiger partial charge is 0.129 e. The summed E-state index contributed by atoms with van der Waals surface area (Å²) < 4.78 is 0. The Morgan fingerprint density at radius 2 is 2.29 bits per heavy atom. The van der Waals surface area contributed by atoms with Crippen molar-refractivity contribution in [3.63, 3.8) is 0 Å². The Hall–Kier alpha value is -0.610. The van der Waals surface area contributed by atoms with Crippen LogP contribution in [0.15, 0.2) is 35.7 Å². The molecule has 0 saturated heterocycles. The largest absolute Gasteiger partial charge is 0.321 e. The summed E-state index contributed by atoms with van der Waals surface area (Å²) in [4.78, 5) is 0.229. The second kappa shape index (κ2) is 3.51. The van der Waals surface area contributed by atoms with Crippen LogP contribution in [0.5, 0.6) is 0 Å². The van der Waals surface area contributed by atoms with E-state index in [1.807, 2.05) is 29.7 Å². The van der Waals surface area contributed by atoms with Crippen molar-refractivity contribution >= 4 is 28.5 Å². The van der Waals surface area contributed by atoms with Gasteiger partial charge in [0.1, 0.15) is 5.00 Å². The molecule has 2 nitrogen and oxygen atoms in total. The Balaban J connectivity index is 2.39. The van der Waals surface area contributed by atoms with E-state index in [9.17, 15) is 0 Å². The first kappa shape index (κ1) is 9.93. The van der Waals surface area contributed by atoms with Gasteiger partial charge in [-0.1, -0.05) is 23.7 Å². The maximum atomic E-state index is 6.01. The van der Waals surface area contributed by atoms with Gasteiger partial charge in [-0.25, -0.2) is 0 Å². The molecule has 0 bridgehead atoms. The van der Waals surface area contributed by atoms with Gasteiger partial charge in [0.2, 0.25) is 0 Å². The average Bonchev–Trinajstić information content (AvgIpc) is 2.62. The zero-order chi connectivity index (χ0) is 10.2. The Bertz CT molecular complexity index is 379. The van der Waals surface area contributed by atoms with E-state index in [4.69, 9.17) is 23.1 Å². The van der Waals surface area contributed by atoms with Crippen LogP contribution in [0.3, 0.4) is 0 Å². The lowest BCUT2D eigenvalue weighted by Gasteiger charge is -2.23. The van der Waals surface area contributed by atoms with E-state index >= 15 is 0 Å². The summed E-state index contributed by atoms with van der Waals surface area (Å²) in [5.41, 5.74) is 12.7. The van der Waals surface area contributed by atoms with Gasteiger partial charge >= 0.3 is 0 Å². The predicted octanol–water partition coefficient (Wildman–Crippen LogP) is 1.92. The summed E-state index contributed by atoms with van der Waals surface area (Å²) in [5.74, 6) is 0. The molecule has 0 aromatic carbocycles. The fourth-order valence-corrected chi connectivity index (χ4v) is 2.40. The van der Waals surface area contributed by atoms with Gasteiger partial charge in [0.05, 0.1) is 0 Å². The highest BCUT2D eigenvalue weighted by molar-refractivity contribution is 7.11. The zero-order valence-corrected chi connectivity index (χ0v) is 9.05. The van der Waals surface area contributed by atoms with Gasteiger partial charge in [0, 0.05) is 10.9 Å². The van der Waals surface area contributed by atoms with Crippen molar-refractivity contribution in [3.05, 3.63) is 40.6 Å². The van der Waals surface area contributed by atoms with Crippen LogP contribution in [0, 0.1) is 0 Å². The monoisotopic (exact) mass is 226 g/mol. The molecule has 14 heavy (non-hydrogen) atoms. The van der Waals surface area contributed by atoms with Crippen LogP contribution in [0.1, 0.15) is 4.88 Å². The summed E-state index contributed by atoms with van der Waals surface area (Å²) in [6, 6.07) is 3.89. The molecule has 0 saturated carbocycles. The standard InChI is InChI=1S/C10H11ClN2S/c11-10(13)4-3-8(12)7(6-10)9-2-1-5-14-9/h1-6,8H,12-13H2. The van der Waals surface area contributed by atoms with Crippen molar-refractivity contribution in [2.24, 2.45) is 11.5 Å². The highest BCUT2D eigenvalue weighted by Gasteiger charge is 2.23. The average molecular weight is 227 g/mol. The minimum atomic E-state index is -0.894. The topological polar surface area (TPSA) is 52.0 Å². The Morgan fingerprint density at radius 3 is 2.93 bits per heavy atom. The molecule has 0 radical (unpaired) electrons. The summed E-state index contributed by atoms with van der Waals surface area (Å²) in [6.45, 7) is 0. The molecular formula is C10H11ClN2S. The van der Waals surface area contributed by atoms with E-state index in [1.165, 1.54) is 0 Å². The van der Waals surface area contributed by atoms with Crippen molar-refractivity contribution in [1.29, 1.82) is 0 Å². The molecule has 0 fully saturated rings. The minimum Gasteiger partial charge on any atom is -0.321 e. The molecule has 1 aliphatic rings. The van der Waals surface area contributed by atoms with Gasteiger partial charge < -0.3 is 11.5 Å². The van der Waals surface area contributed by atoms with Crippen molar-refractivity contribution in [2.75, 3.05) is 0 Å². The number of rotatable bonds is 1. The summed E-state index contributed by atoms with van der Waals surface area (Å²) in [6.07, 6.45) is 5.36. The highest BCUT2D eigenvalue weighted by atomic mass is 35.5. The molecule has 1 heterocycles. The highest BCUT2D eigenvalue weighted by Crippen LogP contribution is 2.30. The Labute approximate surface area is 91.9 Å². The van der Waals surface area contributed by atoms with Gasteiger partial charge in [-0.05, 0) is 29.2 Å². The number of alkyl halides is 1. The molecule has 4 heteroatoms. The van der Waals surface area contributed by atoms with Gasteiger partial charge in [0.15, 0.2) is 0 Å². The molecule has 4 N–H and O–H groups in total. The van der Waals surface area contributed by atoms with E-state index < -0.39 is 5.00 Å². The molecule has 74 valence electrons. The van der Waals surface area contributed by atoms with Crippen LogP contribution in [0.4, 0.5) is 0 Å². The molecule has 1 aromatic heterocycles. The quantitative estimate of drug-likeness (QED) is 0.437. The van der Waals surface area contributed by atoms with Gasteiger partial charge in [-0.3, -0.25) is 0 Å². The normalized spacial score (nSPS) is 31.6. The molecule has 0 aliphatic heterocycles. The molecule has 1 aromatic rings.